The molecule has 9 heteroatoms. The van der Waals surface area contributed by atoms with E-state index in [1.54, 1.807) is 29.5 Å². The third-order valence-electron chi connectivity index (χ3n) is 1.91. The number of rotatable bonds is 4. The van der Waals surface area contributed by atoms with Gasteiger partial charge in [-0.2, -0.15) is 0 Å². The first-order chi connectivity index (χ1) is 8.78. The van der Waals surface area contributed by atoms with E-state index in [-0.39, 0.29) is 24.4 Å². The predicted molar refractivity (Wildman–Crippen MR) is 67.5 cm³/mol. The molecule has 0 atom stereocenters. The van der Waals surface area contributed by atoms with Gasteiger partial charge in [0.2, 0.25) is 5.88 Å². The van der Waals surface area contributed by atoms with E-state index in [0.717, 1.165) is 6.07 Å². The fourth-order valence-electron chi connectivity index (χ4n) is 1.22. The van der Waals surface area contributed by atoms with Crippen molar-refractivity contribution in [2.24, 2.45) is 5.73 Å². The molecule has 0 fully saturated rings. The molecule has 106 valence electrons. The van der Waals surface area contributed by atoms with Crippen molar-refractivity contribution in [3.63, 3.8) is 0 Å². The van der Waals surface area contributed by atoms with E-state index in [2.05, 4.69) is 9.72 Å². The van der Waals surface area contributed by atoms with E-state index in [1.807, 2.05) is 0 Å². The van der Waals surface area contributed by atoms with Crippen LogP contribution in [-0.4, -0.2) is 23.9 Å². The van der Waals surface area contributed by atoms with Crippen LogP contribution in [0.5, 0.6) is 5.88 Å². The van der Waals surface area contributed by atoms with Crippen LogP contribution in [0.3, 0.4) is 0 Å². The summed E-state index contributed by atoms with van der Waals surface area (Å²) < 4.78 is 45.2. The van der Waals surface area contributed by atoms with Crippen LogP contribution in [0.1, 0.15) is 23.0 Å². The molecule has 1 rings (SSSR count). The minimum absolute atomic E-state index is 0.0582. The molecule has 0 radical (unpaired) electrons. The number of esters is 1. The third-order valence-corrected chi connectivity index (χ3v) is 3.12. The first-order valence-corrected chi connectivity index (χ1v) is 6.18. The van der Waals surface area contributed by atoms with Crippen molar-refractivity contribution in [1.29, 1.82) is 0 Å². The SMILES string of the molecule is CCOC(=O)c1cc(OC(F)(F)F)nc(CN)c1I. The Morgan fingerprint density at radius 1 is 1.53 bits per heavy atom. The summed E-state index contributed by atoms with van der Waals surface area (Å²) in [5, 5.41) is 0. The number of hydrogen-bond donors (Lipinski definition) is 1. The fraction of sp³-hybridized carbons (Fsp3) is 0.400. The van der Waals surface area contributed by atoms with Crippen LogP contribution in [-0.2, 0) is 11.3 Å². The zero-order chi connectivity index (χ0) is 14.6. The smallest absolute Gasteiger partial charge is 0.462 e. The number of nitrogens with two attached hydrogens (primary N) is 1. The van der Waals surface area contributed by atoms with Crippen molar-refractivity contribution >= 4 is 28.6 Å². The largest absolute Gasteiger partial charge is 0.574 e. The van der Waals surface area contributed by atoms with Gasteiger partial charge in [-0.05, 0) is 29.5 Å². The molecule has 2 N–H and O–H groups in total. The van der Waals surface area contributed by atoms with Crippen LogP contribution in [0.25, 0.3) is 0 Å². The lowest BCUT2D eigenvalue weighted by Crippen LogP contribution is -2.20. The Morgan fingerprint density at radius 2 is 2.16 bits per heavy atom. The quantitative estimate of drug-likeness (QED) is 0.631. The predicted octanol–water partition coefficient (Wildman–Crippen LogP) is 2.22. The molecule has 1 aromatic heterocycles. The highest BCUT2D eigenvalue weighted by Crippen LogP contribution is 2.26. The van der Waals surface area contributed by atoms with Gasteiger partial charge in [-0.1, -0.05) is 0 Å². The minimum atomic E-state index is -4.89. The molecule has 1 heterocycles. The molecule has 0 bridgehead atoms. The molecule has 0 aliphatic heterocycles. The number of carbonyl (C=O) groups excluding carboxylic acids is 1. The maximum atomic E-state index is 12.1. The van der Waals surface area contributed by atoms with E-state index in [9.17, 15) is 18.0 Å². The summed E-state index contributed by atoms with van der Waals surface area (Å²) in [4.78, 5) is 15.2. The molecule has 5 nitrogen and oxygen atoms in total. The second-order valence-corrected chi connectivity index (χ2v) is 4.32. The first kappa shape index (κ1) is 16.0. The van der Waals surface area contributed by atoms with Crippen molar-refractivity contribution in [2.45, 2.75) is 19.8 Å². The van der Waals surface area contributed by atoms with Gasteiger partial charge in [0.15, 0.2) is 0 Å². The molecule has 0 amide bonds. The van der Waals surface area contributed by atoms with Gasteiger partial charge in [-0.15, -0.1) is 13.2 Å². The summed E-state index contributed by atoms with van der Waals surface area (Å²) >= 11 is 1.77. The average Bonchev–Trinajstić information content (AvgIpc) is 2.29. The number of aromatic nitrogens is 1. The number of alkyl halides is 3. The van der Waals surface area contributed by atoms with Crippen LogP contribution >= 0.6 is 22.6 Å². The highest BCUT2D eigenvalue weighted by Gasteiger charge is 2.32. The normalized spacial score (nSPS) is 11.3. The van der Waals surface area contributed by atoms with Crippen molar-refractivity contribution in [3.05, 3.63) is 20.9 Å². The van der Waals surface area contributed by atoms with E-state index >= 15 is 0 Å². The lowest BCUT2D eigenvalue weighted by Gasteiger charge is -2.12. The number of hydrogen-bond acceptors (Lipinski definition) is 5. The molecule has 0 unspecified atom stereocenters. The highest BCUT2D eigenvalue weighted by atomic mass is 127. The van der Waals surface area contributed by atoms with Crippen LogP contribution in [0, 0.1) is 3.57 Å². The van der Waals surface area contributed by atoms with E-state index in [1.165, 1.54) is 0 Å². The summed E-state index contributed by atoms with van der Waals surface area (Å²) in [6.45, 7) is 1.56. The Balaban J connectivity index is 3.22. The van der Waals surface area contributed by atoms with Crippen LogP contribution in [0.4, 0.5) is 13.2 Å². The second-order valence-electron chi connectivity index (χ2n) is 3.24. The summed E-state index contributed by atoms with van der Waals surface area (Å²) in [5.41, 5.74) is 5.44. The van der Waals surface area contributed by atoms with Gasteiger partial charge in [0.1, 0.15) is 0 Å². The van der Waals surface area contributed by atoms with Crippen molar-refractivity contribution < 1.29 is 27.4 Å². The first-order valence-electron chi connectivity index (χ1n) is 5.10. The van der Waals surface area contributed by atoms with E-state index in [4.69, 9.17) is 10.5 Å². The third kappa shape index (κ3) is 4.49. The Kier molecular flexibility index (Phi) is 5.35. The molecule has 0 spiro atoms. The Bertz CT molecular complexity index is 480. The monoisotopic (exact) mass is 390 g/mol. The Labute approximate surface area is 120 Å². The van der Waals surface area contributed by atoms with Gasteiger partial charge in [0.25, 0.3) is 0 Å². The summed E-state index contributed by atoms with van der Waals surface area (Å²) in [5.74, 6) is -1.49. The van der Waals surface area contributed by atoms with Crippen molar-refractivity contribution in [1.82, 2.24) is 4.98 Å². The standard InChI is InChI=1S/C10H10F3IN2O3/c1-2-18-9(17)5-3-7(19-10(11,12)13)16-6(4-15)8(5)14/h3H,2,4,15H2,1H3. The molecule has 1 aromatic rings. The molecule has 0 aromatic carbocycles. The maximum Gasteiger partial charge on any atom is 0.574 e. The number of halogens is 4. The molecule has 19 heavy (non-hydrogen) atoms. The molecule has 0 aliphatic carbocycles. The maximum absolute atomic E-state index is 12.1. The molecule has 0 saturated carbocycles. The lowest BCUT2D eigenvalue weighted by atomic mass is 10.2. The van der Waals surface area contributed by atoms with E-state index < -0.39 is 18.2 Å². The van der Waals surface area contributed by atoms with Gasteiger partial charge < -0.3 is 15.2 Å². The van der Waals surface area contributed by atoms with Crippen LogP contribution < -0.4 is 10.5 Å². The highest BCUT2D eigenvalue weighted by molar-refractivity contribution is 14.1. The van der Waals surface area contributed by atoms with Gasteiger partial charge in [-0.3, -0.25) is 0 Å². The van der Waals surface area contributed by atoms with Gasteiger partial charge in [0.05, 0.1) is 21.4 Å². The zero-order valence-electron chi connectivity index (χ0n) is 9.75. The summed E-state index contributed by atoms with van der Waals surface area (Å²) in [7, 11) is 0. The number of ether oxygens (including phenoxy) is 2. The fourth-order valence-corrected chi connectivity index (χ4v) is 1.94. The average molecular weight is 390 g/mol. The van der Waals surface area contributed by atoms with Gasteiger partial charge in [-0.25, -0.2) is 9.78 Å². The Hall–Kier alpha value is -1.10. The minimum Gasteiger partial charge on any atom is -0.462 e. The zero-order valence-corrected chi connectivity index (χ0v) is 11.9. The van der Waals surface area contributed by atoms with E-state index in [0.29, 0.717) is 3.57 Å². The lowest BCUT2D eigenvalue weighted by molar-refractivity contribution is -0.276. The molecular formula is C10H10F3IN2O3. The topological polar surface area (TPSA) is 74.4 Å². The summed E-state index contributed by atoms with van der Waals surface area (Å²) in [6, 6.07) is 0.881. The van der Waals surface area contributed by atoms with Crippen molar-refractivity contribution in [3.8, 4) is 5.88 Å². The van der Waals surface area contributed by atoms with Crippen LogP contribution in [0.2, 0.25) is 0 Å². The van der Waals surface area contributed by atoms with Gasteiger partial charge >= 0.3 is 12.3 Å². The number of pyridine rings is 1. The van der Waals surface area contributed by atoms with Crippen molar-refractivity contribution in [2.75, 3.05) is 6.61 Å². The Morgan fingerprint density at radius 3 is 2.63 bits per heavy atom. The van der Waals surface area contributed by atoms with Crippen LogP contribution in [0.15, 0.2) is 6.07 Å². The molecular weight excluding hydrogens is 380 g/mol. The summed E-state index contributed by atoms with van der Waals surface area (Å²) in [6.07, 6.45) is -4.89. The number of nitrogens with zero attached hydrogens (tertiary/aromatic N) is 1. The molecule has 0 aliphatic rings. The van der Waals surface area contributed by atoms with Gasteiger partial charge in [0, 0.05) is 12.6 Å². The second kappa shape index (κ2) is 6.37. The number of carbonyl (C=O) groups is 1. The molecule has 0 saturated heterocycles.